The molecule has 1 aliphatic heterocycles. The molecule has 104 valence electrons. The molecule has 3 N–H and O–H groups in total. The van der Waals surface area contributed by atoms with Crippen molar-refractivity contribution >= 4 is 11.7 Å². The van der Waals surface area contributed by atoms with E-state index in [-0.39, 0.29) is 18.3 Å². The number of hydrogen-bond donors (Lipinski definition) is 2. The maximum Gasteiger partial charge on any atom is 0.322 e. The SMILES string of the molecule is NCC1COCCN1C(=O)Nc1ccc(F)cc1F. The van der Waals surface area contributed by atoms with Gasteiger partial charge in [-0.15, -0.1) is 0 Å². The number of nitrogens with one attached hydrogen (secondary N) is 1. The second kappa shape index (κ2) is 5.94. The van der Waals surface area contributed by atoms with Gasteiger partial charge in [0.15, 0.2) is 0 Å². The molecule has 0 aromatic heterocycles. The van der Waals surface area contributed by atoms with Gasteiger partial charge in [-0.2, -0.15) is 0 Å². The largest absolute Gasteiger partial charge is 0.377 e. The molecule has 2 amide bonds. The van der Waals surface area contributed by atoms with Crippen molar-refractivity contribution in [1.82, 2.24) is 4.90 Å². The molecule has 1 atom stereocenters. The van der Waals surface area contributed by atoms with Crippen LogP contribution in [0.5, 0.6) is 0 Å². The summed E-state index contributed by atoms with van der Waals surface area (Å²) < 4.78 is 31.4. The fourth-order valence-electron chi connectivity index (χ4n) is 1.90. The summed E-state index contributed by atoms with van der Waals surface area (Å²) in [5.74, 6) is -1.51. The number of nitrogens with two attached hydrogens (primary N) is 1. The first kappa shape index (κ1) is 13.7. The van der Waals surface area contributed by atoms with Gasteiger partial charge < -0.3 is 20.7 Å². The predicted octanol–water partition coefficient (Wildman–Crippen LogP) is 1.16. The molecule has 1 aromatic carbocycles. The number of rotatable bonds is 2. The molecule has 19 heavy (non-hydrogen) atoms. The first-order valence-electron chi connectivity index (χ1n) is 5.92. The van der Waals surface area contributed by atoms with Crippen molar-refractivity contribution in [3.8, 4) is 0 Å². The van der Waals surface area contributed by atoms with Crippen LogP contribution in [0.3, 0.4) is 0 Å². The molecule has 1 aromatic rings. The van der Waals surface area contributed by atoms with Crippen LogP contribution in [0.15, 0.2) is 18.2 Å². The number of anilines is 1. The number of amides is 2. The highest BCUT2D eigenvalue weighted by molar-refractivity contribution is 5.89. The Morgan fingerprint density at radius 3 is 3.00 bits per heavy atom. The third-order valence-electron chi connectivity index (χ3n) is 2.93. The van der Waals surface area contributed by atoms with Crippen molar-refractivity contribution in [3.05, 3.63) is 29.8 Å². The number of hydrogen-bond acceptors (Lipinski definition) is 3. The smallest absolute Gasteiger partial charge is 0.322 e. The Labute approximate surface area is 109 Å². The standard InChI is InChI=1S/C12H15F2N3O2/c13-8-1-2-11(10(14)5-8)16-12(18)17-3-4-19-7-9(17)6-15/h1-2,5,9H,3-4,6-7,15H2,(H,16,18). The fraction of sp³-hybridized carbons (Fsp3) is 0.417. The van der Waals surface area contributed by atoms with E-state index >= 15 is 0 Å². The van der Waals surface area contributed by atoms with Gasteiger partial charge in [-0.05, 0) is 12.1 Å². The minimum absolute atomic E-state index is 0.0614. The highest BCUT2D eigenvalue weighted by atomic mass is 19.1. The third-order valence-corrected chi connectivity index (χ3v) is 2.93. The van der Waals surface area contributed by atoms with E-state index in [1.54, 1.807) is 0 Å². The van der Waals surface area contributed by atoms with E-state index in [4.69, 9.17) is 10.5 Å². The summed E-state index contributed by atoms with van der Waals surface area (Å²) in [6, 6.07) is 2.27. The first-order valence-corrected chi connectivity index (χ1v) is 5.92. The van der Waals surface area contributed by atoms with Gasteiger partial charge in [-0.25, -0.2) is 13.6 Å². The number of ether oxygens (including phenoxy) is 1. The zero-order valence-corrected chi connectivity index (χ0v) is 10.2. The lowest BCUT2D eigenvalue weighted by Gasteiger charge is -2.34. The zero-order chi connectivity index (χ0) is 13.8. The minimum atomic E-state index is -0.814. The summed E-state index contributed by atoms with van der Waals surface area (Å²) in [5, 5.41) is 2.41. The maximum atomic E-state index is 13.4. The highest BCUT2D eigenvalue weighted by Crippen LogP contribution is 2.16. The van der Waals surface area contributed by atoms with Crippen LogP contribution in [0, 0.1) is 11.6 Å². The van der Waals surface area contributed by atoms with Gasteiger partial charge in [0, 0.05) is 19.2 Å². The molecule has 1 saturated heterocycles. The van der Waals surface area contributed by atoms with Crippen molar-refractivity contribution in [2.24, 2.45) is 5.73 Å². The topological polar surface area (TPSA) is 67.6 Å². The highest BCUT2D eigenvalue weighted by Gasteiger charge is 2.26. The molecular weight excluding hydrogens is 256 g/mol. The van der Waals surface area contributed by atoms with Gasteiger partial charge in [0.1, 0.15) is 11.6 Å². The Morgan fingerprint density at radius 2 is 2.32 bits per heavy atom. The minimum Gasteiger partial charge on any atom is -0.377 e. The normalized spacial score (nSPS) is 19.3. The number of urea groups is 1. The van der Waals surface area contributed by atoms with Crippen LogP contribution in [0.2, 0.25) is 0 Å². The quantitative estimate of drug-likeness (QED) is 0.848. The number of carbonyl (C=O) groups is 1. The van der Waals surface area contributed by atoms with Crippen LogP contribution in [0.1, 0.15) is 0 Å². The van der Waals surface area contributed by atoms with E-state index in [2.05, 4.69) is 5.32 Å². The van der Waals surface area contributed by atoms with E-state index in [0.717, 1.165) is 12.1 Å². The Morgan fingerprint density at radius 1 is 1.53 bits per heavy atom. The number of halogens is 2. The fourth-order valence-corrected chi connectivity index (χ4v) is 1.90. The maximum absolute atomic E-state index is 13.4. The summed E-state index contributed by atoms with van der Waals surface area (Å²) in [7, 11) is 0. The van der Waals surface area contributed by atoms with Crippen molar-refractivity contribution in [2.75, 3.05) is 31.6 Å². The monoisotopic (exact) mass is 271 g/mol. The second-order valence-corrected chi connectivity index (χ2v) is 4.21. The Bertz CT molecular complexity index is 470. The van der Waals surface area contributed by atoms with Gasteiger partial charge >= 0.3 is 6.03 Å². The van der Waals surface area contributed by atoms with Crippen LogP contribution in [0.4, 0.5) is 19.3 Å². The average Bonchev–Trinajstić information content (AvgIpc) is 2.41. The molecule has 1 unspecified atom stereocenters. The molecule has 0 spiro atoms. The molecule has 2 rings (SSSR count). The zero-order valence-electron chi connectivity index (χ0n) is 10.2. The molecule has 0 radical (unpaired) electrons. The lowest BCUT2D eigenvalue weighted by atomic mass is 10.2. The molecule has 1 heterocycles. The van der Waals surface area contributed by atoms with Crippen LogP contribution >= 0.6 is 0 Å². The van der Waals surface area contributed by atoms with E-state index in [0.29, 0.717) is 19.8 Å². The van der Waals surface area contributed by atoms with Gasteiger partial charge in [-0.1, -0.05) is 0 Å². The van der Waals surface area contributed by atoms with Crippen LogP contribution in [-0.2, 0) is 4.74 Å². The molecular formula is C12H15F2N3O2. The lowest BCUT2D eigenvalue weighted by molar-refractivity contribution is 0.0187. The van der Waals surface area contributed by atoms with Crippen LogP contribution in [-0.4, -0.2) is 43.3 Å². The van der Waals surface area contributed by atoms with Gasteiger partial charge in [0.2, 0.25) is 0 Å². The van der Waals surface area contributed by atoms with Crippen molar-refractivity contribution in [2.45, 2.75) is 6.04 Å². The first-order chi connectivity index (χ1) is 9.11. The molecule has 0 aliphatic carbocycles. The summed E-state index contributed by atoms with van der Waals surface area (Å²) in [6.07, 6.45) is 0. The number of benzene rings is 1. The van der Waals surface area contributed by atoms with Gasteiger partial charge in [0.05, 0.1) is 24.9 Å². The van der Waals surface area contributed by atoms with Crippen molar-refractivity contribution < 1.29 is 18.3 Å². The molecule has 5 nitrogen and oxygen atoms in total. The van der Waals surface area contributed by atoms with E-state index < -0.39 is 17.7 Å². The molecule has 7 heteroatoms. The number of nitrogens with zero attached hydrogens (tertiary/aromatic N) is 1. The summed E-state index contributed by atoms with van der Waals surface area (Å²) in [5.41, 5.74) is 5.49. The summed E-state index contributed by atoms with van der Waals surface area (Å²) >= 11 is 0. The van der Waals surface area contributed by atoms with Gasteiger partial charge in [0.25, 0.3) is 0 Å². The number of morpholine rings is 1. The van der Waals surface area contributed by atoms with E-state index in [1.165, 1.54) is 11.0 Å². The Hall–Kier alpha value is -1.73. The average molecular weight is 271 g/mol. The Balaban J connectivity index is 2.07. The molecule has 1 fully saturated rings. The lowest BCUT2D eigenvalue weighted by Crippen LogP contribution is -2.53. The predicted molar refractivity (Wildman–Crippen MR) is 65.7 cm³/mol. The second-order valence-electron chi connectivity index (χ2n) is 4.21. The summed E-state index contributed by atoms with van der Waals surface area (Å²) in [6.45, 7) is 1.42. The van der Waals surface area contributed by atoms with E-state index in [9.17, 15) is 13.6 Å². The molecule has 0 bridgehead atoms. The molecule has 0 saturated carbocycles. The molecule has 1 aliphatic rings. The van der Waals surface area contributed by atoms with Gasteiger partial charge in [-0.3, -0.25) is 0 Å². The van der Waals surface area contributed by atoms with Crippen molar-refractivity contribution in [3.63, 3.8) is 0 Å². The van der Waals surface area contributed by atoms with E-state index in [1.807, 2.05) is 0 Å². The van der Waals surface area contributed by atoms with Crippen molar-refractivity contribution in [1.29, 1.82) is 0 Å². The number of carbonyl (C=O) groups excluding carboxylic acids is 1. The summed E-state index contributed by atoms with van der Waals surface area (Å²) in [4.78, 5) is 13.5. The van der Waals surface area contributed by atoms with Crippen LogP contribution < -0.4 is 11.1 Å². The Kier molecular flexibility index (Phi) is 4.28. The van der Waals surface area contributed by atoms with Crippen LogP contribution in [0.25, 0.3) is 0 Å². The third kappa shape index (κ3) is 3.18.